The van der Waals surface area contributed by atoms with Crippen molar-refractivity contribution in [3.63, 3.8) is 0 Å². The van der Waals surface area contributed by atoms with Crippen LogP contribution in [0.4, 0.5) is 0 Å². The summed E-state index contributed by atoms with van der Waals surface area (Å²) in [5.41, 5.74) is 0.978. The van der Waals surface area contributed by atoms with Crippen LogP contribution in [0.25, 0.3) is 0 Å². The van der Waals surface area contributed by atoms with E-state index >= 15 is 0 Å². The molecule has 3 nitrogen and oxygen atoms in total. The Morgan fingerprint density at radius 1 is 1.47 bits per heavy atom. The van der Waals surface area contributed by atoms with E-state index in [0.717, 1.165) is 36.2 Å². The second-order valence-electron chi connectivity index (χ2n) is 3.59. The molecule has 1 rings (SSSR count). The summed E-state index contributed by atoms with van der Waals surface area (Å²) >= 11 is 3.46. The lowest BCUT2D eigenvalue weighted by Gasteiger charge is -2.13. The predicted molar refractivity (Wildman–Crippen MR) is 71.6 cm³/mol. The van der Waals surface area contributed by atoms with Crippen LogP contribution in [0.5, 0.6) is 0 Å². The minimum atomic E-state index is -0.271. The van der Waals surface area contributed by atoms with Gasteiger partial charge < -0.3 is 4.74 Å². The number of ether oxygens (including phenoxy) is 1. The number of hydrogen-bond donors (Lipinski definition) is 1. The highest BCUT2D eigenvalue weighted by Gasteiger charge is 2.11. The van der Waals surface area contributed by atoms with E-state index < -0.39 is 0 Å². The first-order valence-corrected chi connectivity index (χ1v) is 6.54. The first kappa shape index (κ1) is 14.2. The van der Waals surface area contributed by atoms with Crippen molar-refractivity contribution >= 4 is 15.9 Å². The Labute approximate surface area is 111 Å². The summed E-state index contributed by atoms with van der Waals surface area (Å²) in [5.74, 6) is 0. The molecule has 1 atom stereocenters. The van der Waals surface area contributed by atoms with E-state index in [9.17, 15) is 0 Å². The summed E-state index contributed by atoms with van der Waals surface area (Å²) in [5, 5.41) is 12.4. The van der Waals surface area contributed by atoms with E-state index in [1.807, 2.05) is 31.2 Å². The van der Waals surface area contributed by atoms with Crippen molar-refractivity contribution in [1.29, 1.82) is 5.26 Å². The lowest BCUT2D eigenvalue weighted by Crippen LogP contribution is -2.22. The maximum Gasteiger partial charge on any atom is 0.122 e. The third-order valence-corrected chi connectivity index (χ3v) is 3.09. The first-order chi connectivity index (χ1) is 8.29. The maximum atomic E-state index is 9.14. The van der Waals surface area contributed by atoms with Gasteiger partial charge >= 0.3 is 0 Å². The first-order valence-electron chi connectivity index (χ1n) is 5.74. The number of nitrogens with one attached hydrogen (secondary N) is 1. The Bertz CT molecular complexity index is 376. The third-order valence-electron chi connectivity index (χ3n) is 2.36. The molecule has 0 aliphatic rings. The minimum absolute atomic E-state index is 0.271. The van der Waals surface area contributed by atoms with Crippen molar-refractivity contribution in [3.8, 4) is 6.07 Å². The average Bonchev–Trinajstić information content (AvgIpc) is 2.35. The van der Waals surface area contributed by atoms with Gasteiger partial charge in [-0.2, -0.15) is 5.26 Å². The zero-order valence-electron chi connectivity index (χ0n) is 9.95. The molecule has 17 heavy (non-hydrogen) atoms. The monoisotopic (exact) mass is 296 g/mol. The Balaban J connectivity index is 2.45. The molecule has 0 amide bonds. The summed E-state index contributed by atoms with van der Waals surface area (Å²) in [6, 6.07) is 9.77. The Morgan fingerprint density at radius 2 is 2.24 bits per heavy atom. The van der Waals surface area contributed by atoms with E-state index in [0.29, 0.717) is 0 Å². The van der Waals surface area contributed by atoms with Crippen LogP contribution in [0.1, 0.15) is 24.9 Å². The summed E-state index contributed by atoms with van der Waals surface area (Å²) < 4.78 is 6.21. The van der Waals surface area contributed by atoms with Gasteiger partial charge in [0.25, 0.3) is 0 Å². The zero-order chi connectivity index (χ0) is 12.5. The topological polar surface area (TPSA) is 45.0 Å². The lowest BCUT2D eigenvalue weighted by molar-refractivity contribution is 0.144. The zero-order valence-corrected chi connectivity index (χ0v) is 11.5. The predicted octanol–water partition coefficient (Wildman–Crippen LogP) is 3.03. The van der Waals surface area contributed by atoms with Crippen molar-refractivity contribution in [2.24, 2.45) is 0 Å². The van der Waals surface area contributed by atoms with Crippen LogP contribution in [-0.4, -0.2) is 19.8 Å². The highest BCUT2D eigenvalue weighted by atomic mass is 79.9. The van der Waals surface area contributed by atoms with E-state index in [-0.39, 0.29) is 6.04 Å². The lowest BCUT2D eigenvalue weighted by atomic mass is 10.1. The van der Waals surface area contributed by atoms with Crippen LogP contribution in [0.15, 0.2) is 28.7 Å². The second-order valence-corrected chi connectivity index (χ2v) is 4.44. The maximum absolute atomic E-state index is 9.14. The molecular weight excluding hydrogens is 280 g/mol. The molecule has 0 fully saturated rings. The molecule has 0 aliphatic carbocycles. The van der Waals surface area contributed by atoms with E-state index in [1.165, 1.54) is 0 Å². The standard InChI is InChI=1S/C13H17BrN2O/c1-2-17-9-5-8-16-13(10-15)11-6-3-4-7-12(11)14/h3-4,6-7,13,16H,2,5,8-9H2,1H3. The molecule has 1 unspecified atom stereocenters. The Hall–Kier alpha value is -0.890. The molecule has 0 spiro atoms. The molecule has 92 valence electrons. The average molecular weight is 297 g/mol. The highest BCUT2D eigenvalue weighted by molar-refractivity contribution is 9.10. The van der Waals surface area contributed by atoms with Crippen LogP contribution in [0.3, 0.4) is 0 Å². The number of halogens is 1. The van der Waals surface area contributed by atoms with Gasteiger partial charge in [0, 0.05) is 17.7 Å². The molecule has 1 aromatic rings. The van der Waals surface area contributed by atoms with Crippen molar-refractivity contribution in [2.45, 2.75) is 19.4 Å². The van der Waals surface area contributed by atoms with Crippen LogP contribution >= 0.6 is 15.9 Å². The van der Waals surface area contributed by atoms with Crippen LogP contribution in [0.2, 0.25) is 0 Å². The number of hydrogen-bond acceptors (Lipinski definition) is 3. The molecule has 1 N–H and O–H groups in total. The number of rotatable bonds is 7. The molecule has 0 heterocycles. The van der Waals surface area contributed by atoms with Crippen molar-refractivity contribution in [2.75, 3.05) is 19.8 Å². The van der Waals surface area contributed by atoms with Crippen molar-refractivity contribution in [1.82, 2.24) is 5.32 Å². The van der Waals surface area contributed by atoms with Gasteiger partial charge in [-0.05, 0) is 31.5 Å². The molecule has 0 aliphatic heterocycles. The van der Waals surface area contributed by atoms with Gasteiger partial charge in [0.15, 0.2) is 0 Å². The molecule has 4 heteroatoms. The van der Waals surface area contributed by atoms with E-state index in [1.54, 1.807) is 0 Å². The molecule has 1 aromatic carbocycles. The fourth-order valence-electron chi connectivity index (χ4n) is 1.50. The van der Waals surface area contributed by atoms with Gasteiger partial charge in [-0.3, -0.25) is 5.32 Å². The SMILES string of the molecule is CCOCCCNC(C#N)c1ccccc1Br. The van der Waals surface area contributed by atoms with Crippen molar-refractivity contribution in [3.05, 3.63) is 34.3 Å². The molecule has 0 saturated heterocycles. The fourth-order valence-corrected chi connectivity index (χ4v) is 2.01. The normalized spacial score (nSPS) is 12.1. The Morgan fingerprint density at radius 3 is 2.88 bits per heavy atom. The van der Waals surface area contributed by atoms with Gasteiger partial charge in [-0.25, -0.2) is 0 Å². The smallest absolute Gasteiger partial charge is 0.122 e. The van der Waals surface area contributed by atoms with Gasteiger partial charge in [-0.15, -0.1) is 0 Å². The van der Waals surface area contributed by atoms with Crippen LogP contribution < -0.4 is 5.32 Å². The molecular formula is C13H17BrN2O. The minimum Gasteiger partial charge on any atom is -0.382 e. The van der Waals surface area contributed by atoms with Crippen molar-refractivity contribution < 1.29 is 4.74 Å². The summed E-state index contributed by atoms with van der Waals surface area (Å²) in [4.78, 5) is 0. The molecule has 0 bridgehead atoms. The van der Waals surface area contributed by atoms with Gasteiger partial charge in [0.05, 0.1) is 6.07 Å². The third kappa shape index (κ3) is 4.86. The van der Waals surface area contributed by atoms with Gasteiger partial charge in [0.2, 0.25) is 0 Å². The van der Waals surface area contributed by atoms with E-state index in [2.05, 4.69) is 27.3 Å². The van der Waals surface area contributed by atoms with Gasteiger partial charge in [0.1, 0.15) is 6.04 Å². The summed E-state index contributed by atoms with van der Waals surface area (Å²) in [7, 11) is 0. The fraction of sp³-hybridized carbons (Fsp3) is 0.462. The molecule has 0 radical (unpaired) electrons. The summed E-state index contributed by atoms with van der Waals surface area (Å²) in [6.07, 6.45) is 0.913. The van der Waals surface area contributed by atoms with Crippen LogP contribution in [-0.2, 0) is 4.74 Å². The molecule has 0 aromatic heterocycles. The summed E-state index contributed by atoms with van der Waals surface area (Å²) in [6.45, 7) is 4.23. The van der Waals surface area contributed by atoms with E-state index in [4.69, 9.17) is 10.00 Å². The van der Waals surface area contributed by atoms with Gasteiger partial charge in [-0.1, -0.05) is 34.1 Å². The highest BCUT2D eigenvalue weighted by Crippen LogP contribution is 2.22. The second kappa shape index (κ2) is 8.24. The van der Waals surface area contributed by atoms with Crippen LogP contribution in [0, 0.1) is 11.3 Å². The largest absolute Gasteiger partial charge is 0.382 e. The quantitative estimate of drug-likeness (QED) is 0.787. The number of benzene rings is 1. The molecule has 0 saturated carbocycles. The Kier molecular flexibility index (Phi) is 6.87. The number of nitriles is 1. The number of nitrogens with zero attached hydrogens (tertiary/aromatic N) is 1.